The average molecular weight is 398 g/mol. The summed E-state index contributed by atoms with van der Waals surface area (Å²) in [6.07, 6.45) is 5.86. The predicted molar refractivity (Wildman–Crippen MR) is 105 cm³/mol. The molecule has 1 aromatic carbocycles. The number of anilines is 2. The minimum absolute atomic E-state index is 0.231. The number of nitrogens with one attached hydrogen (secondary N) is 3. The maximum absolute atomic E-state index is 12.4. The number of fused-ring (bicyclic) bond motifs is 1. The number of nitrogens with zero attached hydrogens (tertiary/aromatic N) is 3. The van der Waals surface area contributed by atoms with Crippen molar-refractivity contribution < 1.29 is 19.4 Å². The summed E-state index contributed by atoms with van der Waals surface area (Å²) in [5.41, 5.74) is 1.02. The van der Waals surface area contributed by atoms with Gasteiger partial charge in [-0.2, -0.15) is 4.98 Å². The molecule has 1 aromatic heterocycles. The zero-order valence-electron chi connectivity index (χ0n) is 15.7. The Morgan fingerprint density at radius 2 is 2.21 bits per heavy atom. The summed E-state index contributed by atoms with van der Waals surface area (Å²) in [4.78, 5) is 22.9. The highest BCUT2D eigenvalue weighted by molar-refractivity contribution is 5.84. The summed E-state index contributed by atoms with van der Waals surface area (Å²) in [6.45, 7) is 0.873. The van der Waals surface area contributed by atoms with Crippen LogP contribution in [0, 0.1) is 0 Å². The molecular formula is C19H22N6O4. The van der Waals surface area contributed by atoms with Crippen LogP contribution in [0.15, 0.2) is 42.9 Å². The van der Waals surface area contributed by atoms with Crippen molar-refractivity contribution in [3.05, 3.63) is 48.4 Å². The van der Waals surface area contributed by atoms with Gasteiger partial charge in [0.05, 0.1) is 13.3 Å². The number of aromatic nitrogens is 2. The highest BCUT2D eigenvalue weighted by atomic mass is 16.7. The number of aliphatic hydroxyl groups is 1. The number of carbonyl (C=O) groups is 1. The van der Waals surface area contributed by atoms with Gasteiger partial charge < -0.3 is 30.5 Å². The molecule has 0 saturated carbocycles. The monoisotopic (exact) mass is 398 g/mol. The SMILES string of the molecule is O=C(NCCc1ccc2c(c1)OCO2)C(CO)Nc1ccnc(N2C=CNC2)n1. The van der Waals surface area contributed by atoms with Crippen LogP contribution in [0.2, 0.25) is 0 Å². The zero-order valence-corrected chi connectivity index (χ0v) is 15.7. The average Bonchev–Trinajstić information content (AvgIpc) is 3.43. The standard InChI is InChI=1S/C19H22N6O4/c26-10-14(23-17-4-6-22-19(24-17)25-8-7-20-11-25)18(27)21-5-3-13-1-2-15-16(9-13)29-12-28-15/h1-2,4,6-9,14,20,26H,3,5,10-12H2,(H,21,27)(H,22,23,24). The molecule has 4 N–H and O–H groups in total. The van der Waals surface area contributed by atoms with E-state index in [1.54, 1.807) is 18.5 Å². The van der Waals surface area contributed by atoms with E-state index in [1.807, 2.05) is 29.3 Å². The Morgan fingerprint density at radius 1 is 1.31 bits per heavy atom. The van der Waals surface area contributed by atoms with Gasteiger partial charge in [0.2, 0.25) is 18.6 Å². The zero-order chi connectivity index (χ0) is 20.1. The molecule has 0 aliphatic carbocycles. The van der Waals surface area contributed by atoms with Gasteiger partial charge in [0, 0.05) is 25.1 Å². The van der Waals surface area contributed by atoms with Gasteiger partial charge in [-0.3, -0.25) is 9.69 Å². The molecule has 10 heteroatoms. The lowest BCUT2D eigenvalue weighted by Crippen LogP contribution is -2.43. The van der Waals surface area contributed by atoms with E-state index in [1.165, 1.54) is 0 Å². The molecule has 1 unspecified atom stereocenters. The van der Waals surface area contributed by atoms with Crippen LogP contribution in [-0.2, 0) is 11.2 Å². The highest BCUT2D eigenvalue weighted by Crippen LogP contribution is 2.32. The van der Waals surface area contributed by atoms with Crippen molar-refractivity contribution in [3.8, 4) is 11.5 Å². The topological polar surface area (TPSA) is 121 Å². The van der Waals surface area contributed by atoms with Crippen molar-refractivity contribution in [3.63, 3.8) is 0 Å². The molecular weight excluding hydrogens is 376 g/mol. The number of hydrogen-bond donors (Lipinski definition) is 4. The molecule has 152 valence electrons. The fourth-order valence-electron chi connectivity index (χ4n) is 2.97. The number of amides is 1. The molecule has 2 aromatic rings. The lowest BCUT2D eigenvalue weighted by atomic mass is 10.1. The fraction of sp³-hybridized carbons (Fsp3) is 0.316. The third kappa shape index (κ3) is 4.49. The van der Waals surface area contributed by atoms with Crippen molar-refractivity contribution >= 4 is 17.7 Å². The molecule has 29 heavy (non-hydrogen) atoms. The molecule has 0 spiro atoms. The Labute approximate surface area is 167 Å². The molecule has 0 radical (unpaired) electrons. The maximum atomic E-state index is 12.4. The highest BCUT2D eigenvalue weighted by Gasteiger charge is 2.19. The lowest BCUT2D eigenvalue weighted by Gasteiger charge is -2.18. The lowest BCUT2D eigenvalue weighted by molar-refractivity contribution is -0.122. The van der Waals surface area contributed by atoms with Crippen LogP contribution in [0.4, 0.5) is 11.8 Å². The Bertz CT molecular complexity index is 906. The van der Waals surface area contributed by atoms with Gasteiger partial charge in [0.15, 0.2) is 11.5 Å². The van der Waals surface area contributed by atoms with Gasteiger partial charge in [-0.25, -0.2) is 4.98 Å². The minimum atomic E-state index is -0.818. The van der Waals surface area contributed by atoms with Crippen molar-refractivity contribution in [2.75, 3.05) is 36.8 Å². The Morgan fingerprint density at radius 3 is 3.03 bits per heavy atom. The quantitative estimate of drug-likeness (QED) is 0.493. The molecule has 3 heterocycles. The molecule has 10 nitrogen and oxygen atoms in total. The summed E-state index contributed by atoms with van der Waals surface area (Å²) in [7, 11) is 0. The van der Waals surface area contributed by atoms with E-state index in [9.17, 15) is 9.90 Å². The van der Waals surface area contributed by atoms with Crippen molar-refractivity contribution in [1.82, 2.24) is 20.6 Å². The molecule has 4 rings (SSSR count). The first-order valence-corrected chi connectivity index (χ1v) is 9.26. The van der Waals surface area contributed by atoms with Gasteiger partial charge in [0.25, 0.3) is 0 Å². The molecule has 1 atom stereocenters. The van der Waals surface area contributed by atoms with Crippen LogP contribution in [0.5, 0.6) is 11.5 Å². The largest absolute Gasteiger partial charge is 0.454 e. The number of hydrogen-bond acceptors (Lipinski definition) is 9. The number of rotatable bonds is 8. The summed E-state index contributed by atoms with van der Waals surface area (Å²) < 4.78 is 10.6. The summed E-state index contributed by atoms with van der Waals surface area (Å²) in [5, 5.41) is 18.5. The Kier molecular flexibility index (Phi) is 5.61. The first kappa shape index (κ1) is 18.8. The van der Waals surface area contributed by atoms with E-state index >= 15 is 0 Å². The van der Waals surface area contributed by atoms with Crippen molar-refractivity contribution in [2.24, 2.45) is 0 Å². The second-order valence-electron chi connectivity index (χ2n) is 6.50. The van der Waals surface area contributed by atoms with E-state index in [4.69, 9.17) is 9.47 Å². The fourth-order valence-corrected chi connectivity index (χ4v) is 2.97. The minimum Gasteiger partial charge on any atom is -0.454 e. The first-order chi connectivity index (χ1) is 14.2. The van der Waals surface area contributed by atoms with Crippen LogP contribution in [0.25, 0.3) is 0 Å². The number of aliphatic hydroxyl groups excluding tert-OH is 1. The Balaban J connectivity index is 1.30. The normalized spacial score (nSPS) is 15.1. The number of benzene rings is 1. The number of ether oxygens (including phenoxy) is 2. The summed E-state index contributed by atoms with van der Waals surface area (Å²) in [6, 6.07) is 6.53. The molecule has 1 amide bonds. The van der Waals surface area contributed by atoms with Gasteiger partial charge >= 0.3 is 0 Å². The van der Waals surface area contributed by atoms with Gasteiger partial charge in [-0.05, 0) is 30.2 Å². The molecule has 0 bridgehead atoms. The van der Waals surface area contributed by atoms with Gasteiger partial charge in [0.1, 0.15) is 11.9 Å². The predicted octanol–water partition coefficient (Wildman–Crippen LogP) is 0.175. The molecule has 2 aliphatic rings. The van der Waals surface area contributed by atoms with Crippen LogP contribution in [0.1, 0.15) is 5.56 Å². The second-order valence-corrected chi connectivity index (χ2v) is 6.50. The molecule has 0 fully saturated rings. The molecule has 0 saturated heterocycles. The van der Waals surface area contributed by atoms with Crippen LogP contribution in [0.3, 0.4) is 0 Å². The smallest absolute Gasteiger partial charge is 0.244 e. The first-order valence-electron chi connectivity index (χ1n) is 9.26. The third-order valence-corrected chi connectivity index (χ3v) is 4.50. The van der Waals surface area contributed by atoms with Crippen LogP contribution >= 0.6 is 0 Å². The van der Waals surface area contributed by atoms with E-state index in [2.05, 4.69) is 25.9 Å². The Hall–Kier alpha value is -3.53. The number of carbonyl (C=O) groups excluding carboxylic acids is 1. The van der Waals surface area contributed by atoms with E-state index in [0.29, 0.717) is 37.1 Å². The summed E-state index contributed by atoms with van der Waals surface area (Å²) >= 11 is 0. The van der Waals surface area contributed by atoms with Crippen molar-refractivity contribution in [2.45, 2.75) is 12.5 Å². The molecule has 2 aliphatic heterocycles. The van der Waals surface area contributed by atoms with E-state index in [-0.39, 0.29) is 19.3 Å². The third-order valence-electron chi connectivity index (χ3n) is 4.50. The second kappa shape index (κ2) is 8.65. The van der Waals surface area contributed by atoms with Gasteiger partial charge in [-0.1, -0.05) is 6.07 Å². The van der Waals surface area contributed by atoms with Crippen molar-refractivity contribution in [1.29, 1.82) is 0 Å². The van der Waals surface area contributed by atoms with Crippen LogP contribution in [-0.4, -0.2) is 53.6 Å². The summed E-state index contributed by atoms with van der Waals surface area (Å²) in [5.74, 6) is 2.09. The van der Waals surface area contributed by atoms with E-state index < -0.39 is 6.04 Å². The van der Waals surface area contributed by atoms with E-state index in [0.717, 1.165) is 11.3 Å². The maximum Gasteiger partial charge on any atom is 0.244 e. The van der Waals surface area contributed by atoms with Gasteiger partial charge in [-0.15, -0.1) is 0 Å². The van der Waals surface area contributed by atoms with Crippen LogP contribution < -0.4 is 30.3 Å².